The minimum Gasteiger partial charge on any atom is -0.662 e. The Bertz CT molecular complexity index is 1000. The van der Waals surface area contributed by atoms with E-state index in [9.17, 15) is 0 Å². The van der Waals surface area contributed by atoms with Crippen LogP contribution in [0.3, 0.4) is 0 Å². The van der Waals surface area contributed by atoms with E-state index >= 15 is 0 Å². The van der Waals surface area contributed by atoms with Gasteiger partial charge in [0.1, 0.15) is 10.7 Å². The van der Waals surface area contributed by atoms with Crippen LogP contribution in [0.2, 0.25) is 0 Å². The minimum absolute atomic E-state index is 0. The van der Waals surface area contributed by atoms with E-state index < -0.39 is 0 Å². The van der Waals surface area contributed by atoms with Crippen molar-refractivity contribution in [1.29, 1.82) is 0 Å². The quantitative estimate of drug-likeness (QED) is 0.0141. The van der Waals surface area contributed by atoms with Crippen LogP contribution in [0.1, 0.15) is 78.6 Å². The number of azide groups is 1. The van der Waals surface area contributed by atoms with Gasteiger partial charge >= 0.3 is 29.6 Å². The summed E-state index contributed by atoms with van der Waals surface area (Å²) in [5.41, 5.74) is 8.10. The predicted octanol–water partition coefficient (Wildman–Crippen LogP) is 1.49. The number of hydrogen-bond donors (Lipinski definition) is 5. The van der Waals surface area contributed by atoms with E-state index in [1.165, 1.54) is 6.08 Å². The third-order valence-corrected chi connectivity index (χ3v) is 5.94. The van der Waals surface area contributed by atoms with Crippen LogP contribution in [-0.2, 0) is 33.7 Å². The van der Waals surface area contributed by atoms with E-state index in [4.69, 9.17) is 65.2 Å². The first kappa shape index (κ1) is 60.5. The molecule has 3 heterocycles. The van der Waals surface area contributed by atoms with Gasteiger partial charge in [-0.2, -0.15) is 0 Å². The normalized spacial score (nSPS) is 16.5. The topological polar surface area (TPSA) is 295 Å². The summed E-state index contributed by atoms with van der Waals surface area (Å²) in [5, 5.41) is 66.1. The molecule has 0 saturated carbocycles. The minimum atomic E-state index is -0.193. The molecule has 0 aromatic carbocycles. The van der Waals surface area contributed by atoms with Crippen LogP contribution >= 0.6 is 47.8 Å². The van der Waals surface area contributed by atoms with Crippen molar-refractivity contribution >= 4 is 74.2 Å². The smallest absolute Gasteiger partial charge is 0.662 e. The molecule has 0 bridgehead atoms. The summed E-state index contributed by atoms with van der Waals surface area (Å²) in [7, 11) is 0. The predicted molar refractivity (Wildman–Crippen MR) is 203 cm³/mol. The summed E-state index contributed by atoms with van der Waals surface area (Å²) in [6, 6.07) is 0. The van der Waals surface area contributed by atoms with Crippen molar-refractivity contribution in [1.82, 2.24) is 0 Å². The van der Waals surface area contributed by atoms with E-state index in [1.54, 1.807) is 0 Å². The third-order valence-electron chi connectivity index (χ3n) is 5.15. The van der Waals surface area contributed by atoms with E-state index in [2.05, 4.69) is 111 Å². The first-order chi connectivity index (χ1) is 25.1. The number of rotatable bonds is 14. The van der Waals surface area contributed by atoms with E-state index in [-0.39, 0.29) is 74.2 Å². The molecule has 3 atom stereocenters. The SMILES string of the molecule is C=CCO.CCCCO.CCCCOC1=NOC(CN=[N+]=[N-])C1.CCCCOC1=NOC(CO)C1.O=CO[O-].OCC1CC(Br)=NO1.ON=C(Br)Br.[Na+]. The van der Waals surface area contributed by atoms with Gasteiger partial charge in [0.05, 0.1) is 52.4 Å². The molecule has 0 aliphatic carbocycles. The Labute approximate surface area is 357 Å². The van der Waals surface area contributed by atoms with Gasteiger partial charge in [0.2, 0.25) is 11.8 Å². The van der Waals surface area contributed by atoms with Gasteiger partial charge in [-0.25, -0.2) is 0 Å². The Hall–Kier alpha value is -1.76. The fourth-order valence-corrected chi connectivity index (χ4v) is 3.06. The first-order valence-corrected chi connectivity index (χ1v) is 18.3. The monoisotopic (exact) mass is 967 g/mol. The zero-order chi connectivity index (χ0) is 40.3. The first-order valence-electron chi connectivity index (χ1n) is 16.0. The number of oxime groups is 4. The van der Waals surface area contributed by atoms with Crippen LogP contribution in [-0.4, -0.2) is 117 Å². The molecular weight excluding hydrogens is 917 g/mol. The van der Waals surface area contributed by atoms with Crippen LogP contribution in [0.25, 0.3) is 10.4 Å². The Morgan fingerprint density at radius 3 is 1.60 bits per heavy atom. The summed E-state index contributed by atoms with van der Waals surface area (Å²) < 4.78 is 11.7. The summed E-state index contributed by atoms with van der Waals surface area (Å²) in [4.78, 5) is 28.5. The van der Waals surface area contributed by atoms with Gasteiger partial charge in [0, 0.05) is 17.9 Å². The fourth-order valence-electron chi connectivity index (χ4n) is 2.62. The number of aliphatic hydroxyl groups excluding tert-OH is 4. The standard InChI is InChI=1S/C8H14N4O2.C8H15NO3.C4H6BrNO2.C4H10O.C3H6O.CHBr2NO.CH2O3.Na/c1-2-3-4-13-8-5-7(14-11-8)6-10-12-9;1-2-3-4-11-8-5-7(6-10)12-9-8;5-4-1-3(2-7)8-6-4;1-2-3-4-5;1-2-3-4;2-1(3)4-5;2-1-4-3;/h7H,2-6H2,1H3;7,10H,2-6H2,1H3;3,7H,1-2H2;5H,2-4H2,1H3;2,4H,1,3H2;5H;1,3H;/q;;;;;;;+1/p-1. The molecule has 3 aliphatic rings. The van der Waals surface area contributed by atoms with Gasteiger partial charge in [-0.3, -0.25) is 4.79 Å². The number of ether oxygens (including phenoxy) is 2. The second-order valence-electron chi connectivity index (χ2n) is 9.50. The molecule has 5 N–H and O–H groups in total. The molecule has 0 aromatic rings. The Morgan fingerprint density at radius 2 is 1.34 bits per heavy atom. The van der Waals surface area contributed by atoms with Crippen LogP contribution in [0.5, 0.6) is 0 Å². The Balaban J connectivity index is -0.000000179. The van der Waals surface area contributed by atoms with Crippen molar-refractivity contribution < 1.29 is 94.1 Å². The number of carbonyl (C=O) groups excluding carboxylic acids is 1. The molecule has 0 spiro atoms. The average Bonchev–Trinajstić information content (AvgIpc) is 3.94. The van der Waals surface area contributed by atoms with Crippen molar-refractivity contribution in [2.45, 2.75) is 96.9 Å². The third kappa shape index (κ3) is 48.2. The van der Waals surface area contributed by atoms with Gasteiger partial charge in [-0.1, -0.05) is 71.8 Å². The Kier molecular flexibility index (Phi) is 57.3. The van der Waals surface area contributed by atoms with Crippen molar-refractivity contribution in [3.8, 4) is 0 Å². The van der Waals surface area contributed by atoms with E-state index in [1.807, 2.05) is 0 Å². The van der Waals surface area contributed by atoms with Crippen LogP contribution in [0, 0.1) is 0 Å². The Morgan fingerprint density at radius 1 is 0.925 bits per heavy atom. The second-order valence-corrected chi connectivity index (χ2v) is 13.0. The van der Waals surface area contributed by atoms with E-state index in [0.717, 1.165) is 43.1 Å². The van der Waals surface area contributed by atoms with Crippen molar-refractivity contribution in [3.05, 3.63) is 23.1 Å². The number of nitrogens with zero attached hydrogens (tertiary/aromatic N) is 7. The van der Waals surface area contributed by atoms with Crippen molar-refractivity contribution in [2.75, 3.05) is 46.2 Å². The molecule has 0 amide bonds. The molecule has 24 heteroatoms. The maximum atomic E-state index is 8.70. The molecule has 53 heavy (non-hydrogen) atoms. The second kappa shape index (κ2) is 50.2. The molecule has 0 aromatic heterocycles. The number of halogens is 3. The summed E-state index contributed by atoms with van der Waals surface area (Å²) in [6.07, 6.45) is 9.14. The maximum absolute atomic E-state index is 8.70. The largest absolute Gasteiger partial charge is 1.00 e. The summed E-state index contributed by atoms with van der Waals surface area (Å²) in [6.45, 7) is 11.4. The molecule has 0 radical (unpaired) electrons. The molecule has 3 rings (SSSR count). The zero-order valence-corrected chi connectivity index (χ0v) is 37.4. The molecule has 304 valence electrons. The number of hydrogen-bond acceptors (Lipinski definition) is 18. The molecule has 0 saturated heterocycles. The van der Waals surface area contributed by atoms with Crippen LogP contribution in [0.4, 0.5) is 0 Å². The molecule has 0 fully saturated rings. The average molecular weight is 970 g/mol. The summed E-state index contributed by atoms with van der Waals surface area (Å²) in [5.74, 6) is 1.22. The van der Waals surface area contributed by atoms with E-state index in [0.29, 0.717) is 61.0 Å². The number of unbranched alkanes of at least 4 members (excludes halogenated alkanes) is 3. The maximum Gasteiger partial charge on any atom is 1.00 e. The van der Waals surface area contributed by atoms with Gasteiger partial charge in [-0.15, -0.1) is 6.58 Å². The number of carbonyl (C=O) groups is 1. The van der Waals surface area contributed by atoms with Gasteiger partial charge < -0.3 is 59.8 Å². The molecular formula is C29H53Br3N7NaO13. The molecule has 3 unspecified atom stereocenters. The van der Waals surface area contributed by atoms with Crippen LogP contribution < -0.4 is 34.8 Å². The van der Waals surface area contributed by atoms with Gasteiger partial charge in [0.25, 0.3) is 6.47 Å². The summed E-state index contributed by atoms with van der Waals surface area (Å²) >= 11 is 8.71. The molecule has 20 nitrogen and oxygen atoms in total. The van der Waals surface area contributed by atoms with Crippen molar-refractivity contribution in [3.63, 3.8) is 0 Å². The van der Waals surface area contributed by atoms with Gasteiger partial charge in [0.15, 0.2) is 15.7 Å². The van der Waals surface area contributed by atoms with Crippen LogP contribution in [0.15, 0.2) is 38.4 Å². The number of aliphatic hydroxyl groups is 4. The zero-order valence-electron chi connectivity index (χ0n) is 30.7. The van der Waals surface area contributed by atoms with Gasteiger partial charge in [-0.05, 0) is 72.6 Å². The van der Waals surface area contributed by atoms with Crippen molar-refractivity contribution in [2.24, 2.45) is 25.7 Å². The molecule has 3 aliphatic heterocycles. The fraction of sp³-hybridized carbons (Fsp3) is 0.759.